The number of carbonyl (C=O) groups is 2. The molecule has 2 aromatic rings. The third kappa shape index (κ3) is 3.53. The van der Waals surface area contributed by atoms with Crippen molar-refractivity contribution in [2.45, 2.75) is 6.04 Å². The number of nitrogens with zero attached hydrogens (tertiary/aromatic N) is 1. The zero-order valence-corrected chi connectivity index (χ0v) is 16.3. The minimum Gasteiger partial charge on any atom is -0.507 e. The lowest BCUT2D eigenvalue weighted by molar-refractivity contribution is -0.139. The molecule has 0 spiro atoms. The van der Waals surface area contributed by atoms with E-state index in [0.29, 0.717) is 16.9 Å². The first kappa shape index (κ1) is 18.9. The standard InChI is InChI=1S/C21H18BrNO4/c1-3-12-23-18(13-6-10-16(27-2)11-7-13)17(20(25)21(23)26)19(24)14-4-8-15(22)9-5-14/h3-11,18,24H,1,12H2,2H3/b19-17+. The molecule has 2 aromatic carbocycles. The summed E-state index contributed by atoms with van der Waals surface area (Å²) in [5.74, 6) is -0.909. The number of hydrogen-bond donors (Lipinski definition) is 1. The summed E-state index contributed by atoms with van der Waals surface area (Å²) in [6.07, 6.45) is 1.56. The van der Waals surface area contributed by atoms with E-state index in [1.165, 1.54) is 4.90 Å². The fraction of sp³-hybridized carbons (Fsp3) is 0.143. The van der Waals surface area contributed by atoms with Gasteiger partial charge in [0, 0.05) is 16.6 Å². The van der Waals surface area contributed by atoms with Crippen molar-refractivity contribution < 1.29 is 19.4 Å². The highest BCUT2D eigenvalue weighted by Gasteiger charge is 2.45. The average Bonchev–Trinajstić information content (AvgIpc) is 2.93. The van der Waals surface area contributed by atoms with E-state index >= 15 is 0 Å². The first-order valence-corrected chi connectivity index (χ1v) is 9.06. The quantitative estimate of drug-likeness (QED) is 0.338. The smallest absolute Gasteiger partial charge is 0.295 e. The Hall–Kier alpha value is -2.86. The van der Waals surface area contributed by atoms with Gasteiger partial charge in [-0.15, -0.1) is 6.58 Å². The van der Waals surface area contributed by atoms with Crippen molar-refractivity contribution in [2.75, 3.05) is 13.7 Å². The van der Waals surface area contributed by atoms with Crippen molar-refractivity contribution >= 4 is 33.4 Å². The number of halogens is 1. The lowest BCUT2D eigenvalue weighted by Crippen LogP contribution is -2.29. The Morgan fingerprint density at radius 1 is 1.19 bits per heavy atom. The number of aliphatic hydroxyl groups excluding tert-OH is 1. The summed E-state index contributed by atoms with van der Waals surface area (Å²) in [6.45, 7) is 3.86. The van der Waals surface area contributed by atoms with Crippen molar-refractivity contribution in [1.82, 2.24) is 4.90 Å². The van der Waals surface area contributed by atoms with Crippen LogP contribution in [0.3, 0.4) is 0 Å². The van der Waals surface area contributed by atoms with E-state index in [1.807, 2.05) is 0 Å². The molecule has 1 N–H and O–H groups in total. The Morgan fingerprint density at radius 2 is 1.81 bits per heavy atom. The van der Waals surface area contributed by atoms with E-state index in [4.69, 9.17) is 4.74 Å². The molecular weight excluding hydrogens is 410 g/mol. The molecule has 1 aliphatic heterocycles. The first-order valence-electron chi connectivity index (χ1n) is 8.27. The molecule has 3 rings (SSSR count). The highest BCUT2D eigenvalue weighted by molar-refractivity contribution is 9.10. The summed E-state index contributed by atoms with van der Waals surface area (Å²) >= 11 is 3.34. The van der Waals surface area contributed by atoms with E-state index < -0.39 is 17.7 Å². The molecular formula is C21H18BrNO4. The SMILES string of the molecule is C=CCN1C(=O)C(=O)/C(=C(/O)c2ccc(Br)cc2)C1c1ccc(OC)cc1. The minimum absolute atomic E-state index is 0.0642. The largest absolute Gasteiger partial charge is 0.507 e. The van der Waals surface area contributed by atoms with Crippen molar-refractivity contribution in [3.8, 4) is 5.75 Å². The fourth-order valence-electron chi connectivity index (χ4n) is 3.10. The third-order valence-electron chi connectivity index (χ3n) is 4.41. The molecule has 1 aliphatic rings. The van der Waals surface area contributed by atoms with Crippen molar-refractivity contribution in [3.63, 3.8) is 0 Å². The van der Waals surface area contributed by atoms with E-state index in [-0.39, 0.29) is 17.9 Å². The van der Waals surface area contributed by atoms with Crippen LogP contribution in [0.2, 0.25) is 0 Å². The Balaban J connectivity index is 2.16. The van der Waals surface area contributed by atoms with Gasteiger partial charge in [-0.2, -0.15) is 0 Å². The molecule has 27 heavy (non-hydrogen) atoms. The summed E-state index contributed by atoms with van der Waals surface area (Å²) < 4.78 is 6.02. The topological polar surface area (TPSA) is 66.8 Å². The maximum Gasteiger partial charge on any atom is 0.295 e. The third-order valence-corrected chi connectivity index (χ3v) is 4.94. The van der Waals surface area contributed by atoms with E-state index in [2.05, 4.69) is 22.5 Å². The molecule has 0 radical (unpaired) electrons. The zero-order valence-electron chi connectivity index (χ0n) is 14.7. The Labute approximate surface area is 165 Å². The average molecular weight is 428 g/mol. The fourth-order valence-corrected chi connectivity index (χ4v) is 3.37. The number of hydrogen-bond acceptors (Lipinski definition) is 4. The number of carbonyl (C=O) groups excluding carboxylic acids is 2. The lowest BCUT2D eigenvalue weighted by atomic mass is 9.95. The van der Waals surface area contributed by atoms with E-state index in [1.54, 1.807) is 61.7 Å². The first-order chi connectivity index (χ1) is 13.0. The summed E-state index contributed by atoms with van der Waals surface area (Å²) in [5, 5.41) is 10.8. The van der Waals surface area contributed by atoms with Gasteiger partial charge in [0.1, 0.15) is 11.5 Å². The number of ether oxygens (including phenoxy) is 1. The second-order valence-electron chi connectivity index (χ2n) is 6.02. The van der Waals surface area contributed by atoms with Crippen LogP contribution in [0.15, 0.2) is 71.2 Å². The summed E-state index contributed by atoms with van der Waals surface area (Å²) in [7, 11) is 1.56. The highest BCUT2D eigenvalue weighted by atomic mass is 79.9. The Morgan fingerprint density at radius 3 is 2.37 bits per heavy atom. The normalized spacial score (nSPS) is 18.6. The predicted octanol–water partition coefficient (Wildman–Crippen LogP) is 4.07. The molecule has 6 heteroatoms. The van der Waals surface area contributed by atoms with Crippen LogP contribution in [-0.4, -0.2) is 35.4 Å². The monoisotopic (exact) mass is 427 g/mol. The van der Waals surface area contributed by atoms with Gasteiger partial charge in [-0.3, -0.25) is 9.59 Å². The molecule has 1 saturated heterocycles. The van der Waals surface area contributed by atoms with Gasteiger partial charge in [0.2, 0.25) is 0 Å². The van der Waals surface area contributed by atoms with Gasteiger partial charge in [-0.05, 0) is 29.8 Å². The van der Waals surface area contributed by atoms with Gasteiger partial charge in [0.15, 0.2) is 0 Å². The molecule has 138 valence electrons. The maximum absolute atomic E-state index is 12.7. The van der Waals surface area contributed by atoms with Crippen LogP contribution in [-0.2, 0) is 9.59 Å². The van der Waals surface area contributed by atoms with Gasteiger partial charge < -0.3 is 14.7 Å². The summed E-state index contributed by atoms with van der Waals surface area (Å²) in [5.41, 5.74) is 1.23. The second-order valence-corrected chi connectivity index (χ2v) is 6.94. The van der Waals surface area contributed by atoms with Gasteiger partial charge >= 0.3 is 0 Å². The van der Waals surface area contributed by atoms with Crippen LogP contribution in [0.1, 0.15) is 17.2 Å². The van der Waals surface area contributed by atoms with Gasteiger partial charge in [-0.25, -0.2) is 0 Å². The van der Waals surface area contributed by atoms with E-state index in [0.717, 1.165) is 4.47 Å². The molecule has 0 saturated carbocycles. The zero-order chi connectivity index (χ0) is 19.6. The number of benzene rings is 2. The number of likely N-dealkylation sites (tertiary alicyclic amines) is 1. The summed E-state index contributed by atoms with van der Waals surface area (Å²) in [6, 6.07) is 13.3. The predicted molar refractivity (Wildman–Crippen MR) is 106 cm³/mol. The lowest BCUT2D eigenvalue weighted by Gasteiger charge is -2.24. The highest BCUT2D eigenvalue weighted by Crippen LogP contribution is 2.39. The Kier molecular flexibility index (Phi) is 5.46. The maximum atomic E-state index is 12.7. The molecule has 0 aliphatic carbocycles. The van der Waals surface area contributed by atoms with Crippen molar-refractivity contribution in [1.29, 1.82) is 0 Å². The molecule has 1 unspecified atom stereocenters. The molecule has 1 fully saturated rings. The van der Waals surface area contributed by atoms with Crippen LogP contribution in [0.5, 0.6) is 5.75 Å². The number of amides is 1. The van der Waals surface area contributed by atoms with Crippen LogP contribution in [0, 0.1) is 0 Å². The van der Waals surface area contributed by atoms with Gasteiger partial charge in [0.05, 0.1) is 18.7 Å². The van der Waals surface area contributed by atoms with Crippen molar-refractivity contribution in [2.24, 2.45) is 0 Å². The molecule has 0 aromatic heterocycles. The number of ketones is 1. The molecule has 5 nitrogen and oxygen atoms in total. The molecule has 1 amide bonds. The van der Waals surface area contributed by atoms with Crippen LogP contribution < -0.4 is 4.74 Å². The second kappa shape index (κ2) is 7.80. The van der Waals surface area contributed by atoms with Crippen LogP contribution in [0.4, 0.5) is 0 Å². The number of Topliss-reactive ketones (excluding diaryl/α,β-unsaturated/α-hetero) is 1. The number of methoxy groups -OCH3 is 1. The molecule has 1 heterocycles. The van der Waals surface area contributed by atoms with E-state index in [9.17, 15) is 14.7 Å². The Bertz CT molecular complexity index is 916. The number of rotatable bonds is 5. The summed E-state index contributed by atoms with van der Waals surface area (Å²) in [4.78, 5) is 26.7. The minimum atomic E-state index is -0.710. The van der Waals surface area contributed by atoms with Gasteiger partial charge in [0.25, 0.3) is 11.7 Å². The van der Waals surface area contributed by atoms with Crippen LogP contribution in [0.25, 0.3) is 5.76 Å². The molecule has 0 bridgehead atoms. The number of aliphatic hydroxyl groups is 1. The molecule has 1 atom stereocenters. The van der Waals surface area contributed by atoms with Crippen LogP contribution >= 0.6 is 15.9 Å². The van der Waals surface area contributed by atoms with Crippen molar-refractivity contribution in [3.05, 3.63) is 82.4 Å². The van der Waals surface area contributed by atoms with Gasteiger partial charge in [-0.1, -0.05) is 46.3 Å².